The summed E-state index contributed by atoms with van der Waals surface area (Å²) in [6.07, 6.45) is -0.214. The Bertz CT molecular complexity index is 884. The highest BCUT2D eigenvalue weighted by molar-refractivity contribution is 5.78. The van der Waals surface area contributed by atoms with Crippen LogP contribution in [-0.2, 0) is 11.3 Å². The van der Waals surface area contributed by atoms with E-state index in [1.165, 1.54) is 0 Å². The van der Waals surface area contributed by atoms with Crippen molar-refractivity contribution in [2.24, 2.45) is 0 Å². The minimum atomic E-state index is -0.214. The molecule has 2 heterocycles. The lowest BCUT2D eigenvalue weighted by Crippen LogP contribution is -2.54. The molecular weight excluding hydrogens is 396 g/mol. The molecule has 2 aliphatic heterocycles. The number of amides is 3. The molecule has 0 aliphatic carbocycles. The second kappa shape index (κ2) is 10.2. The van der Waals surface area contributed by atoms with Gasteiger partial charge in [0.2, 0.25) is 5.91 Å². The van der Waals surface area contributed by atoms with Crippen LogP contribution in [0.5, 0.6) is 11.5 Å². The van der Waals surface area contributed by atoms with Gasteiger partial charge in [0.15, 0.2) is 17.6 Å². The number of benzene rings is 2. The Balaban J connectivity index is 1.13. The molecular formula is C23H28N4O4. The van der Waals surface area contributed by atoms with E-state index < -0.39 is 0 Å². The van der Waals surface area contributed by atoms with Crippen molar-refractivity contribution in [2.45, 2.75) is 12.6 Å². The summed E-state index contributed by atoms with van der Waals surface area (Å²) in [6.45, 7) is 4.17. The molecule has 0 bridgehead atoms. The molecule has 0 saturated carbocycles. The number of para-hydroxylation sites is 2. The summed E-state index contributed by atoms with van der Waals surface area (Å²) in [4.78, 5) is 28.5. The van der Waals surface area contributed by atoms with Gasteiger partial charge < -0.3 is 25.0 Å². The molecule has 0 aromatic heterocycles. The molecule has 1 unspecified atom stereocenters. The fraction of sp³-hybridized carbons (Fsp3) is 0.391. The molecule has 1 saturated heterocycles. The number of nitrogens with zero attached hydrogens (tertiary/aromatic N) is 2. The largest absolute Gasteiger partial charge is 0.486 e. The third kappa shape index (κ3) is 5.88. The molecule has 1 fully saturated rings. The van der Waals surface area contributed by atoms with Crippen molar-refractivity contribution in [1.29, 1.82) is 0 Å². The van der Waals surface area contributed by atoms with Gasteiger partial charge in [-0.05, 0) is 17.7 Å². The number of hydrogen-bond acceptors (Lipinski definition) is 5. The van der Waals surface area contributed by atoms with Crippen LogP contribution in [0.2, 0.25) is 0 Å². The first-order chi connectivity index (χ1) is 15.2. The van der Waals surface area contributed by atoms with Crippen LogP contribution in [0.1, 0.15) is 5.56 Å². The smallest absolute Gasteiger partial charge is 0.317 e. The zero-order valence-electron chi connectivity index (χ0n) is 17.5. The summed E-state index contributed by atoms with van der Waals surface area (Å²) < 4.78 is 11.6. The summed E-state index contributed by atoms with van der Waals surface area (Å²) in [6, 6.07) is 17.2. The van der Waals surface area contributed by atoms with E-state index in [0.29, 0.717) is 58.2 Å². The minimum Gasteiger partial charge on any atom is -0.486 e. The van der Waals surface area contributed by atoms with Crippen LogP contribution < -0.4 is 20.1 Å². The summed E-state index contributed by atoms with van der Waals surface area (Å²) in [5.74, 6) is 1.43. The topological polar surface area (TPSA) is 83.1 Å². The van der Waals surface area contributed by atoms with Crippen LogP contribution in [-0.4, -0.2) is 73.7 Å². The summed E-state index contributed by atoms with van der Waals surface area (Å²) in [5, 5.41) is 5.88. The van der Waals surface area contributed by atoms with E-state index in [1.807, 2.05) is 54.6 Å². The second-order valence-corrected chi connectivity index (χ2v) is 7.71. The lowest BCUT2D eigenvalue weighted by Gasteiger charge is -2.34. The zero-order valence-corrected chi connectivity index (χ0v) is 17.5. The minimum absolute atomic E-state index is 0.00326. The number of fused-ring (bicyclic) bond motifs is 1. The number of rotatable bonds is 6. The number of urea groups is 1. The first-order valence-electron chi connectivity index (χ1n) is 10.6. The molecule has 0 radical (unpaired) electrons. The maximum Gasteiger partial charge on any atom is 0.317 e. The molecule has 8 heteroatoms. The van der Waals surface area contributed by atoms with Crippen molar-refractivity contribution in [3.05, 3.63) is 60.2 Å². The van der Waals surface area contributed by atoms with Gasteiger partial charge in [-0.3, -0.25) is 9.69 Å². The Morgan fingerprint density at radius 2 is 1.61 bits per heavy atom. The number of carbonyl (C=O) groups is 2. The van der Waals surface area contributed by atoms with E-state index in [9.17, 15) is 9.59 Å². The van der Waals surface area contributed by atoms with Gasteiger partial charge in [-0.1, -0.05) is 42.5 Å². The molecule has 2 aliphatic rings. The Kier molecular flexibility index (Phi) is 6.89. The lowest BCUT2D eigenvalue weighted by atomic mass is 10.2. The van der Waals surface area contributed by atoms with Gasteiger partial charge in [-0.25, -0.2) is 4.79 Å². The standard InChI is InChI=1S/C23H28N4O4/c28-22(24-14-18-6-2-1-3-7-18)16-26-10-12-27(13-11-26)23(29)25-15-19-17-30-20-8-4-5-9-21(20)31-19/h1-9,19H,10-17H2,(H,24,28)(H,25,29). The van der Waals surface area contributed by atoms with Crippen molar-refractivity contribution in [2.75, 3.05) is 45.9 Å². The van der Waals surface area contributed by atoms with Crippen molar-refractivity contribution in [3.63, 3.8) is 0 Å². The molecule has 31 heavy (non-hydrogen) atoms. The van der Waals surface area contributed by atoms with E-state index in [-0.39, 0.29) is 18.0 Å². The van der Waals surface area contributed by atoms with Crippen LogP contribution in [0.15, 0.2) is 54.6 Å². The zero-order chi connectivity index (χ0) is 21.5. The molecule has 164 valence electrons. The fourth-order valence-electron chi connectivity index (χ4n) is 3.64. The molecule has 1 atom stereocenters. The molecule has 2 aromatic rings. The highest BCUT2D eigenvalue weighted by Crippen LogP contribution is 2.30. The Labute approximate surface area is 182 Å². The third-order valence-corrected chi connectivity index (χ3v) is 5.41. The SMILES string of the molecule is O=C(CN1CCN(C(=O)NCC2COc3ccccc3O2)CC1)NCc1ccccc1. The van der Waals surface area contributed by atoms with Gasteiger partial charge >= 0.3 is 6.03 Å². The van der Waals surface area contributed by atoms with E-state index in [1.54, 1.807) is 4.90 Å². The first kappa shape index (κ1) is 21.0. The van der Waals surface area contributed by atoms with E-state index in [0.717, 1.165) is 11.3 Å². The van der Waals surface area contributed by atoms with Crippen LogP contribution in [0.4, 0.5) is 4.79 Å². The quantitative estimate of drug-likeness (QED) is 0.734. The third-order valence-electron chi connectivity index (χ3n) is 5.41. The van der Waals surface area contributed by atoms with Crippen LogP contribution in [0.3, 0.4) is 0 Å². The van der Waals surface area contributed by atoms with Crippen molar-refractivity contribution < 1.29 is 19.1 Å². The number of ether oxygens (including phenoxy) is 2. The Morgan fingerprint density at radius 3 is 2.39 bits per heavy atom. The van der Waals surface area contributed by atoms with Gasteiger partial charge in [-0.15, -0.1) is 0 Å². The summed E-state index contributed by atoms with van der Waals surface area (Å²) in [5.41, 5.74) is 1.08. The number of nitrogens with one attached hydrogen (secondary N) is 2. The molecule has 3 amide bonds. The van der Waals surface area contributed by atoms with Gasteiger partial charge in [0, 0.05) is 32.7 Å². The Hall–Kier alpha value is -3.26. The van der Waals surface area contributed by atoms with Crippen LogP contribution >= 0.6 is 0 Å². The molecule has 8 nitrogen and oxygen atoms in total. The van der Waals surface area contributed by atoms with E-state index in [2.05, 4.69) is 15.5 Å². The predicted octanol–water partition coefficient (Wildman–Crippen LogP) is 1.47. The van der Waals surface area contributed by atoms with Gasteiger partial charge in [0.05, 0.1) is 13.1 Å². The fourth-order valence-corrected chi connectivity index (χ4v) is 3.64. The summed E-state index contributed by atoms with van der Waals surface area (Å²) in [7, 11) is 0. The number of hydrogen-bond donors (Lipinski definition) is 2. The van der Waals surface area contributed by atoms with Crippen LogP contribution in [0.25, 0.3) is 0 Å². The maximum atomic E-state index is 12.5. The molecule has 2 N–H and O–H groups in total. The lowest BCUT2D eigenvalue weighted by molar-refractivity contribution is -0.122. The van der Waals surface area contributed by atoms with Crippen LogP contribution in [0, 0.1) is 0 Å². The van der Waals surface area contributed by atoms with Crippen molar-refractivity contribution in [3.8, 4) is 11.5 Å². The highest BCUT2D eigenvalue weighted by Gasteiger charge is 2.25. The average molecular weight is 425 g/mol. The molecule has 0 spiro atoms. The van der Waals surface area contributed by atoms with E-state index >= 15 is 0 Å². The maximum absolute atomic E-state index is 12.5. The van der Waals surface area contributed by atoms with Crippen molar-refractivity contribution >= 4 is 11.9 Å². The predicted molar refractivity (Wildman–Crippen MR) is 116 cm³/mol. The molecule has 2 aromatic carbocycles. The van der Waals surface area contributed by atoms with E-state index in [4.69, 9.17) is 9.47 Å². The Morgan fingerprint density at radius 1 is 0.903 bits per heavy atom. The normalized spacial score (nSPS) is 18.3. The van der Waals surface area contributed by atoms with Crippen molar-refractivity contribution in [1.82, 2.24) is 20.4 Å². The molecule has 4 rings (SSSR count). The summed E-state index contributed by atoms with van der Waals surface area (Å²) >= 11 is 0. The first-order valence-corrected chi connectivity index (χ1v) is 10.6. The monoisotopic (exact) mass is 424 g/mol. The highest BCUT2D eigenvalue weighted by atomic mass is 16.6. The van der Waals surface area contributed by atoms with Gasteiger partial charge in [0.25, 0.3) is 0 Å². The van der Waals surface area contributed by atoms with Gasteiger partial charge in [-0.2, -0.15) is 0 Å². The second-order valence-electron chi connectivity index (χ2n) is 7.71. The number of carbonyl (C=O) groups excluding carboxylic acids is 2. The average Bonchev–Trinajstić information content (AvgIpc) is 2.82. The van der Waals surface area contributed by atoms with Gasteiger partial charge in [0.1, 0.15) is 6.61 Å². The number of piperazine rings is 1.